The van der Waals surface area contributed by atoms with Gasteiger partial charge in [0, 0.05) is 33.8 Å². The number of nitrogens with one attached hydrogen (secondary N) is 1. The Kier molecular flexibility index (Phi) is 3.98. The monoisotopic (exact) mass is 355 g/mol. The third-order valence-corrected chi connectivity index (χ3v) is 4.47. The summed E-state index contributed by atoms with van der Waals surface area (Å²) in [7, 11) is 0. The fourth-order valence-electron chi connectivity index (χ4n) is 3.08. The zero-order valence-corrected chi connectivity index (χ0v) is 14.2. The Morgan fingerprint density at radius 1 is 1.04 bits per heavy atom. The van der Waals surface area contributed by atoms with Gasteiger partial charge in [0.2, 0.25) is 0 Å². The molecule has 0 fully saturated rings. The average Bonchev–Trinajstić information content (AvgIpc) is 3.05. The van der Waals surface area contributed by atoms with Crippen LogP contribution >= 0.6 is 0 Å². The maximum atomic E-state index is 14.4. The second-order valence-corrected chi connectivity index (χ2v) is 6.16. The molecule has 3 aromatic rings. The number of carboxylic acids is 1. The minimum atomic E-state index is -1.15. The molecule has 5 rings (SSSR count). The van der Waals surface area contributed by atoms with Crippen molar-refractivity contribution in [2.75, 3.05) is 0 Å². The van der Waals surface area contributed by atoms with E-state index < -0.39 is 11.8 Å². The van der Waals surface area contributed by atoms with E-state index in [0.717, 1.165) is 5.52 Å². The number of H-pyrrole nitrogens is 1. The van der Waals surface area contributed by atoms with E-state index in [1.54, 1.807) is 30.5 Å². The lowest BCUT2D eigenvalue weighted by Crippen LogP contribution is -2.02. The molecule has 2 aromatic carbocycles. The van der Waals surface area contributed by atoms with Crippen molar-refractivity contribution in [2.45, 2.75) is 0 Å². The number of fused-ring (bicyclic) bond motifs is 2. The Morgan fingerprint density at radius 2 is 1.78 bits per heavy atom. The Bertz CT molecular complexity index is 1210. The highest BCUT2D eigenvalue weighted by molar-refractivity contribution is 5.99. The van der Waals surface area contributed by atoms with E-state index in [2.05, 4.69) is 35.2 Å². The van der Waals surface area contributed by atoms with Crippen LogP contribution in [0.25, 0.3) is 33.2 Å². The molecule has 0 saturated heterocycles. The van der Waals surface area contributed by atoms with Gasteiger partial charge in [0.15, 0.2) is 0 Å². The molecule has 27 heavy (non-hydrogen) atoms. The zero-order valence-electron chi connectivity index (χ0n) is 14.2. The van der Waals surface area contributed by atoms with Crippen LogP contribution in [0, 0.1) is 18.2 Å². The summed E-state index contributed by atoms with van der Waals surface area (Å²) >= 11 is 0. The Labute approximate surface area is 155 Å². The Balaban J connectivity index is 0.000000250. The molecule has 3 nitrogen and oxygen atoms in total. The molecule has 0 saturated carbocycles. The van der Waals surface area contributed by atoms with Crippen molar-refractivity contribution in [1.29, 1.82) is 0 Å². The molecule has 0 radical (unpaired) electrons. The Hall–Kier alpha value is -3.84. The number of halogens is 1. The number of rotatable bonds is 2. The lowest BCUT2D eigenvalue weighted by atomic mass is 9.93. The predicted octanol–water partition coefficient (Wildman–Crippen LogP) is 5.32. The van der Waals surface area contributed by atoms with E-state index in [4.69, 9.17) is 6.42 Å². The van der Waals surface area contributed by atoms with Crippen LogP contribution in [0.3, 0.4) is 0 Å². The SMILES string of the molecule is C#Cc1cccc(C(=O)O)c1-c1cc2[nH]ccc2cc1F.c1cc2cc-2c1. The molecule has 4 heteroatoms. The molecule has 1 aromatic heterocycles. The van der Waals surface area contributed by atoms with E-state index in [0.29, 0.717) is 10.9 Å². The number of aromatic nitrogens is 1. The molecule has 2 N–H and O–H groups in total. The van der Waals surface area contributed by atoms with Gasteiger partial charge >= 0.3 is 5.97 Å². The number of carboxylic acid groups (broad SMARTS) is 1. The number of hydrogen-bond acceptors (Lipinski definition) is 1. The number of aromatic carboxylic acids is 1. The quantitative estimate of drug-likeness (QED) is 0.421. The minimum absolute atomic E-state index is 0.0183. The van der Waals surface area contributed by atoms with Crippen molar-refractivity contribution in [3.05, 3.63) is 83.8 Å². The van der Waals surface area contributed by atoms with Crippen LogP contribution in [-0.4, -0.2) is 16.1 Å². The van der Waals surface area contributed by atoms with Crippen molar-refractivity contribution in [1.82, 2.24) is 4.98 Å². The largest absolute Gasteiger partial charge is 0.478 e. The van der Waals surface area contributed by atoms with Crippen LogP contribution in [0.1, 0.15) is 15.9 Å². The number of benzene rings is 3. The predicted molar refractivity (Wildman–Crippen MR) is 104 cm³/mol. The first-order chi connectivity index (χ1) is 13.1. The fourth-order valence-corrected chi connectivity index (χ4v) is 3.08. The van der Waals surface area contributed by atoms with Gasteiger partial charge in [0.05, 0.1) is 5.56 Å². The molecule has 130 valence electrons. The molecule has 0 aliphatic heterocycles. The van der Waals surface area contributed by atoms with Crippen LogP contribution < -0.4 is 0 Å². The summed E-state index contributed by atoms with van der Waals surface area (Å²) in [4.78, 5) is 14.4. The summed E-state index contributed by atoms with van der Waals surface area (Å²) in [5.74, 6) is 0.766. The highest BCUT2D eigenvalue weighted by Gasteiger charge is 2.18. The van der Waals surface area contributed by atoms with Crippen molar-refractivity contribution >= 4 is 16.9 Å². The van der Waals surface area contributed by atoms with Crippen LogP contribution in [-0.2, 0) is 0 Å². The van der Waals surface area contributed by atoms with Gasteiger partial charge < -0.3 is 10.1 Å². The highest BCUT2D eigenvalue weighted by Crippen LogP contribution is 2.33. The maximum absolute atomic E-state index is 14.4. The molecular formula is C23H14FNO2. The molecule has 0 unspecified atom stereocenters. The lowest BCUT2D eigenvalue weighted by Gasteiger charge is -2.10. The topological polar surface area (TPSA) is 53.1 Å². The number of carbonyl (C=O) groups is 1. The first-order valence-corrected chi connectivity index (χ1v) is 8.29. The second kappa shape index (κ2) is 6.47. The number of hydrogen-bond donors (Lipinski definition) is 2. The first-order valence-electron chi connectivity index (χ1n) is 8.29. The molecule has 2 aliphatic rings. The standard InChI is InChI=1S/C17H10FNO2.C6H4/c1-2-10-4-3-5-12(17(20)21)16(10)13-9-15-11(6-7-19-15)8-14(13)18;1-2-5-4-6(5)3-1/h1,3-9,19H,(H,20,21);1-4H. The summed E-state index contributed by atoms with van der Waals surface area (Å²) in [6.45, 7) is 0. The lowest BCUT2D eigenvalue weighted by molar-refractivity contribution is 0.0697. The molecule has 0 bridgehead atoms. The summed E-state index contributed by atoms with van der Waals surface area (Å²) in [6, 6.07) is 17.7. The fraction of sp³-hybridized carbons (Fsp3) is 0. The Morgan fingerprint density at radius 3 is 2.37 bits per heavy atom. The molecular weight excluding hydrogens is 341 g/mol. The number of aromatic amines is 1. The van der Waals surface area contributed by atoms with Crippen molar-refractivity contribution in [3.63, 3.8) is 0 Å². The number of terminal acetylenes is 1. The van der Waals surface area contributed by atoms with Crippen molar-refractivity contribution in [2.24, 2.45) is 0 Å². The van der Waals surface area contributed by atoms with E-state index in [-0.39, 0.29) is 16.7 Å². The normalized spacial score (nSPS) is 10.7. The van der Waals surface area contributed by atoms with Crippen LogP contribution in [0.5, 0.6) is 0 Å². The van der Waals surface area contributed by atoms with Crippen molar-refractivity contribution < 1.29 is 14.3 Å². The first kappa shape index (κ1) is 16.6. The average molecular weight is 355 g/mol. The van der Waals surface area contributed by atoms with E-state index in [1.807, 2.05) is 0 Å². The van der Waals surface area contributed by atoms with Gasteiger partial charge in [0.1, 0.15) is 5.82 Å². The molecule has 0 atom stereocenters. The molecule has 0 spiro atoms. The smallest absolute Gasteiger partial charge is 0.336 e. The van der Waals surface area contributed by atoms with Gasteiger partial charge in [0.25, 0.3) is 0 Å². The van der Waals surface area contributed by atoms with Gasteiger partial charge in [-0.05, 0) is 47.5 Å². The van der Waals surface area contributed by atoms with E-state index in [1.165, 1.54) is 23.3 Å². The van der Waals surface area contributed by atoms with Crippen LogP contribution in [0.4, 0.5) is 4.39 Å². The van der Waals surface area contributed by atoms with Crippen LogP contribution in [0.2, 0.25) is 0 Å². The highest BCUT2D eigenvalue weighted by atomic mass is 19.1. The van der Waals surface area contributed by atoms with E-state index >= 15 is 0 Å². The maximum Gasteiger partial charge on any atom is 0.336 e. The van der Waals surface area contributed by atoms with Gasteiger partial charge in [-0.15, -0.1) is 6.42 Å². The van der Waals surface area contributed by atoms with Gasteiger partial charge in [-0.3, -0.25) is 0 Å². The summed E-state index contributed by atoms with van der Waals surface area (Å²) in [5, 5.41) is 10.0. The minimum Gasteiger partial charge on any atom is -0.478 e. The summed E-state index contributed by atoms with van der Waals surface area (Å²) in [5.41, 5.74) is 4.30. The summed E-state index contributed by atoms with van der Waals surface area (Å²) < 4.78 is 14.4. The summed E-state index contributed by atoms with van der Waals surface area (Å²) in [6.07, 6.45) is 7.12. The second-order valence-electron chi connectivity index (χ2n) is 6.16. The van der Waals surface area contributed by atoms with Gasteiger partial charge in [-0.1, -0.05) is 30.2 Å². The van der Waals surface area contributed by atoms with E-state index in [9.17, 15) is 14.3 Å². The third kappa shape index (κ3) is 3.07. The van der Waals surface area contributed by atoms with Crippen molar-refractivity contribution in [3.8, 4) is 34.6 Å². The van der Waals surface area contributed by atoms with Gasteiger partial charge in [-0.25, -0.2) is 9.18 Å². The van der Waals surface area contributed by atoms with Gasteiger partial charge in [-0.2, -0.15) is 0 Å². The van der Waals surface area contributed by atoms with Crippen LogP contribution in [0.15, 0.2) is 66.9 Å². The zero-order chi connectivity index (χ0) is 19.0. The molecule has 1 heterocycles. The molecule has 0 amide bonds. The third-order valence-electron chi connectivity index (χ3n) is 4.47. The molecule has 2 aliphatic carbocycles.